The fraction of sp³-hybridized carbons (Fsp3) is 0.391. The number of hydrogen-bond acceptors (Lipinski definition) is 6. The maximum atomic E-state index is 13.2. The number of carbonyl (C=O) groups excluding carboxylic acids is 2. The average Bonchev–Trinajstić information content (AvgIpc) is 3.43. The van der Waals surface area contributed by atoms with Gasteiger partial charge in [-0.25, -0.2) is 14.5 Å². The third kappa shape index (κ3) is 5.16. The molecule has 168 valence electrons. The number of carbonyl (C=O) groups is 2. The zero-order valence-electron chi connectivity index (χ0n) is 18.4. The van der Waals surface area contributed by atoms with E-state index >= 15 is 0 Å². The summed E-state index contributed by atoms with van der Waals surface area (Å²) in [4.78, 5) is 32.5. The SMILES string of the molecule is CC(C)(C)OC(=O)NC1CCN(C(=O)c2nc(-c3cccs3)n(-c3ccccc3)n2)CC1. The van der Waals surface area contributed by atoms with Gasteiger partial charge in [0.05, 0.1) is 10.6 Å². The molecule has 1 N–H and O–H groups in total. The molecule has 1 aliphatic rings. The maximum Gasteiger partial charge on any atom is 0.407 e. The number of benzene rings is 1. The van der Waals surface area contributed by atoms with Crippen molar-refractivity contribution in [3.63, 3.8) is 0 Å². The predicted octanol–water partition coefficient (Wildman–Crippen LogP) is 4.13. The minimum atomic E-state index is -0.537. The van der Waals surface area contributed by atoms with E-state index in [0.29, 0.717) is 31.8 Å². The summed E-state index contributed by atoms with van der Waals surface area (Å²) >= 11 is 1.55. The molecule has 0 bridgehead atoms. The third-order valence-electron chi connectivity index (χ3n) is 5.04. The number of para-hydroxylation sites is 1. The van der Waals surface area contributed by atoms with Crippen LogP contribution in [0.15, 0.2) is 47.8 Å². The van der Waals surface area contributed by atoms with Crippen LogP contribution in [0.5, 0.6) is 0 Å². The monoisotopic (exact) mass is 453 g/mol. The van der Waals surface area contributed by atoms with E-state index in [9.17, 15) is 9.59 Å². The van der Waals surface area contributed by atoms with E-state index in [1.165, 1.54) is 0 Å². The first-order valence-electron chi connectivity index (χ1n) is 10.7. The summed E-state index contributed by atoms with van der Waals surface area (Å²) in [6.07, 6.45) is 0.885. The lowest BCUT2D eigenvalue weighted by Gasteiger charge is -2.32. The normalized spacial score (nSPS) is 14.9. The van der Waals surface area contributed by atoms with Crippen LogP contribution in [0, 0.1) is 0 Å². The van der Waals surface area contributed by atoms with Crippen molar-refractivity contribution in [1.82, 2.24) is 25.0 Å². The highest BCUT2D eigenvalue weighted by atomic mass is 32.1. The molecular formula is C23H27N5O3S. The molecule has 9 heteroatoms. The average molecular weight is 454 g/mol. The molecule has 0 saturated carbocycles. The van der Waals surface area contributed by atoms with E-state index in [0.717, 1.165) is 10.6 Å². The number of nitrogens with one attached hydrogen (secondary N) is 1. The Hall–Kier alpha value is -3.20. The Balaban J connectivity index is 1.46. The topological polar surface area (TPSA) is 89.4 Å². The largest absolute Gasteiger partial charge is 0.444 e. The number of ether oxygens (including phenoxy) is 1. The minimum absolute atomic E-state index is 0.0228. The number of rotatable bonds is 4. The van der Waals surface area contributed by atoms with Crippen LogP contribution in [-0.4, -0.2) is 56.4 Å². The molecule has 1 aromatic carbocycles. The molecule has 2 aromatic heterocycles. The van der Waals surface area contributed by atoms with Gasteiger partial charge in [-0.2, -0.15) is 0 Å². The first kappa shape index (κ1) is 22.0. The predicted molar refractivity (Wildman–Crippen MR) is 123 cm³/mol. The Bertz CT molecular complexity index is 1070. The van der Waals surface area contributed by atoms with Gasteiger partial charge in [-0.3, -0.25) is 4.79 Å². The number of thiophene rings is 1. The van der Waals surface area contributed by atoms with Crippen LogP contribution in [-0.2, 0) is 4.74 Å². The lowest BCUT2D eigenvalue weighted by molar-refractivity contribution is 0.0472. The first-order valence-corrected chi connectivity index (χ1v) is 11.5. The van der Waals surface area contributed by atoms with Gasteiger partial charge in [-0.1, -0.05) is 24.3 Å². The number of nitrogens with zero attached hydrogens (tertiary/aromatic N) is 4. The second-order valence-electron chi connectivity index (χ2n) is 8.70. The molecular weight excluding hydrogens is 426 g/mol. The molecule has 2 amide bonds. The third-order valence-corrected chi connectivity index (χ3v) is 5.91. The van der Waals surface area contributed by atoms with Crippen LogP contribution in [0.3, 0.4) is 0 Å². The van der Waals surface area contributed by atoms with E-state index in [1.807, 2.05) is 68.6 Å². The molecule has 3 aromatic rings. The van der Waals surface area contributed by atoms with Crippen LogP contribution in [0.25, 0.3) is 16.4 Å². The number of hydrogen-bond donors (Lipinski definition) is 1. The highest BCUT2D eigenvalue weighted by Crippen LogP contribution is 2.26. The molecule has 8 nitrogen and oxygen atoms in total. The molecule has 4 rings (SSSR count). The van der Waals surface area contributed by atoms with Crippen molar-refractivity contribution >= 4 is 23.3 Å². The van der Waals surface area contributed by atoms with Gasteiger partial charge in [0, 0.05) is 19.1 Å². The molecule has 0 aliphatic carbocycles. The van der Waals surface area contributed by atoms with Crippen molar-refractivity contribution < 1.29 is 14.3 Å². The fourth-order valence-corrected chi connectivity index (χ4v) is 4.26. The minimum Gasteiger partial charge on any atom is -0.444 e. The van der Waals surface area contributed by atoms with Gasteiger partial charge in [0.2, 0.25) is 5.82 Å². The molecule has 1 aliphatic heterocycles. The van der Waals surface area contributed by atoms with Gasteiger partial charge in [-0.05, 0) is 57.2 Å². The van der Waals surface area contributed by atoms with E-state index in [1.54, 1.807) is 20.9 Å². The van der Waals surface area contributed by atoms with Crippen molar-refractivity contribution in [2.24, 2.45) is 0 Å². The molecule has 0 spiro atoms. The smallest absolute Gasteiger partial charge is 0.407 e. The Morgan fingerprint density at radius 1 is 1.09 bits per heavy atom. The van der Waals surface area contributed by atoms with Crippen LogP contribution in [0.1, 0.15) is 44.2 Å². The van der Waals surface area contributed by atoms with E-state index in [4.69, 9.17) is 4.74 Å². The summed E-state index contributed by atoms with van der Waals surface area (Å²) in [6.45, 7) is 6.54. The fourth-order valence-electron chi connectivity index (χ4n) is 3.56. The number of likely N-dealkylation sites (tertiary alicyclic amines) is 1. The highest BCUT2D eigenvalue weighted by Gasteiger charge is 2.29. The Labute approximate surface area is 191 Å². The summed E-state index contributed by atoms with van der Waals surface area (Å²) in [6, 6.07) is 13.6. The number of piperidine rings is 1. The molecule has 1 saturated heterocycles. The Morgan fingerprint density at radius 3 is 2.44 bits per heavy atom. The number of alkyl carbamates (subject to hydrolysis) is 1. The van der Waals surface area contributed by atoms with Crippen molar-refractivity contribution in [3.05, 3.63) is 53.7 Å². The van der Waals surface area contributed by atoms with Crippen LogP contribution < -0.4 is 5.32 Å². The molecule has 0 unspecified atom stereocenters. The van der Waals surface area contributed by atoms with Crippen molar-refractivity contribution in [2.75, 3.05) is 13.1 Å². The quantitative estimate of drug-likeness (QED) is 0.642. The van der Waals surface area contributed by atoms with Crippen LogP contribution in [0.4, 0.5) is 4.79 Å². The van der Waals surface area contributed by atoms with Crippen LogP contribution in [0.2, 0.25) is 0 Å². The van der Waals surface area contributed by atoms with Gasteiger partial charge in [-0.15, -0.1) is 16.4 Å². The Morgan fingerprint density at radius 2 is 1.81 bits per heavy atom. The van der Waals surface area contributed by atoms with Gasteiger partial charge in [0.15, 0.2) is 5.82 Å². The second-order valence-corrected chi connectivity index (χ2v) is 9.64. The van der Waals surface area contributed by atoms with Gasteiger partial charge in [0.25, 0.3) is 5.91 Å². The van der Waals surface area contributed by atoms with Gasteiger partial charge in [0.1, 0.15) is 5.60 Å². The zero-order valence-corrected chi connectivity index (χ0v) is 19.3. The lowest BCUT2D eigenvalue weighted by Crippen LogP contribution is -2.47. The standard InChI is InChI=1S/C23H27N5O3S/c1-23(2,3)31-22(30)24-16-11-13-27(14-12-16)21(29)19-25-20(18-10-7-15-32-18)28(26-19)17-8-5-4-6-9-17/h4-10,15-16H,11-14H2,1-3H3,(H,24,30). The summed E-state index contributed by atoms with van der Waals surface area (Å²) in [5.74, 6) is 0.625. The van der Waals surface area contributed by atoms with Gasteiger partial charge >= 0.3 is 6.09 Å². The van der Waals surface area contributed by atoms with E-state index in [2.05, 4.69) is 15.4 Å². The summed E-state index contributed by atoms with van der Waals surface area (Å²) in [7, 11) is 0. The highest BCUT2D eigenvalue weighted by molar-refractivity contribution is 7.13. The molecule has 0 radical (unpaired) electrons. The van der Waals surface area contributed by atoms with Crippen LogP contribution >= 0.6 is 11.3 Å². The lowest BCUT2D eigenvalue weighted by atomic mass is 10.1. The molecule has 1 fully saturated rings. The summed E-state index contributed by atoms with van der Waals surface area (Å²) in [5.41, 5.74) is 0.312. The molecule has 32 heavy (non-hydrogen) atoms. The first-order chi connectivity index (χ1) is 15.3. The maximum absolute atomic E-state index is 13.2. The molecule has 0 atom stereocenters. The number of amides is 2. The Kier molecular flexibility index (Phi) is 6.27. The van der Waals surface area contributed by atoms with E-state index in [-0.39, 0.29) is 17.8 Å². The summed E-state index contributed by atoms with van der Waals surface area (Å²) < 4.78 is 7.04. The second kappa shape index (κ2) is 9.12. The zero-order chi connectivity index (χ0) is 22.7. The summed E-state index contributed by atoms with van der Waals surface area (Å²) in [5, 5.41) is 9.42. The number of aromatic nitrogens is 3. The van der Waals surface area contributed by atoms with Crippen molar-refractivity contribution in [1.29, 1.82) is 0 Å². The van der Waals surface area contributed by atoms with Crippen molar-refractivity contribution in [2.45, 2.75) is 45.3 Å². The van der Waals surface area contributed by atoms with Crippen molar-refractivity contribution in [3.8, 4) is 16.4 Å². The van der Waals surface area contributed by atoms with E-state index < -0.39 is 11.7 Å². The molecule has 3 heterocycles. The van der Waals surface area contributed by atoms with Gasteiger partial charge < -0.3 is 15.0 Å².